The molecule has 0 aliphatic rings. The highest BCUT2D eigenvalue weighted by molar-refractivity contribution is 6.26. The van der Waals surface area contributed by atoms with Crippen LogP contribution in [0.25, 0.3) is 76.2 Å². The zero-order valence-corrected chi connectivity index (χ0v) is 26.1. The minimum atomic E-state index is 0.876. The lowest BCUT2D eigenvalue weighted by Gasteiger charge is -2.28. The van der Waals surface area contributed by atoms with Crippen molar-refractivity contribution in [2.45, 2.75) is 0 Å². The van der Waals surface area contributed by atoms with Gasteiger partial charge in [0.2, 0.25) is 0 Å². The van der Waals surface area contributed by atoms with Gasteiger partial charge in [0.05, 0.1) is 16.8 Å². The van der Waals surface area contributed by atoms with Crippen molar-refractivity contribution >= 4 is 82.1 Å². The predicted molar refractivity (Wildman–Crippen MR) is 204 cm³/mol. The van der Waals surface area contributed by atoms with Crippen molar-refractivity contribution in [3.8, 4) is 11.1 Å². The number of furan rings is 1. The summed E-state index contributed by atoms with van der Waals surface area (Å²) in [5.74, 6) is 0. The first-order chi connectivity index (χ1) is 23.8. The minimum Gasteiger partial charge on any atom is -0.456 e. The fourth-order valence-electron chi connectivity index (χ4n) is 7.64. The summed E-state index contributed by atoms with van der Waals surface area (Å²) in [6.45, 7) is 0. The van der Waals surface area contributed by atoms with Gasteiger partial charge >= 0.3 is 0 Å². The molecule has 0 atom stereocenters. The maximum atomic E-state index is 6.58. The molecule has 0 aliphatic heterocycles. The third kappa shape index (κ3) is 4.06. The minimum absolute atomic E-state index is 0.876. The summed E-state index contributed by atoms with van der Waals surface area (Å²) < 4.78 is 6.58. The van der Waals surface area contributed by atoms with E-state index in [9.17, 15) is 0 Å². The van der Waals surface area contributed by atoms with Gasteiger partial charge in [0, 0.05) is 16.5 Å². The molecule has 0 bridgehead atoms. The van der Waals surface area contributed by atoms with Crippen LogP contribution < -0.4 is 4.90 Å². The van der Waals surface area contributed by atoms with Crippen molar-refractivity contribution < 1.29 is 4.42 Å². The van der Waals surface area contributed by atoms with Gasteiger partial charge in [-0.25, -0.2) is 0 Å². The second kappa shape index (κ2) is 10.6. The zero-order valence-electron chi connectivity index (χ0n) is 26.1. The Bertz CT molecular complexity index is 2830. The van der Waals surface area contributed by atoms with Crippen LogP contribution in [-0.4, -0.2) is 0 Å². The standard InChI is InChI=1S/C46H29NO/c1-2-11-30(12-3-1)31-23-26-35(27-24-31)47(40-19-10-20-42-46(40)45-37-16-7-5-14-33(37)25-28-43(45)48-42)41-29-34-22-21-32-13-4-6-15-36(32)44(34)39-18-9-8-17-38(39)41/h1-29H. The van der Waals surface area contributed by atoms with Gasteiger partial charge in [-0.05, 0) is 85.2 Å². The van der Waals surface area contributed by atoms with E-state index in [0.717, 1.165) is 39.0 Å². The summed E-state index contributed by atoms with van der Waals surface area (Å²) in [6.07, 6.45) is 0. The van der Waals surface area contributed by atoms with E-state index in [4.69, 9.17) is 4.42 Å². The fourth-order valence-corrected chi connectivity index (χ4v) is 7.64. The van der Waals surface area contributed by atoms with Gasteiger partial charge in [0.15, 0.2) is 0 Å². The van der Waals surface area contributed by atoms with Crippen LogP contribution in [0.5, 0.6) is 0 Å². The molecule has 1 heterocycles. The lowest BCUT2D eigenvalue weighted by Crippen LogP contribution is -2.11. The Morgan fingerprint density at radius 1 is 0.333 bits per heavy atom. The van der Waals surface area contributed by atoms with Crippen LogP contribution in [0.2, 0.25) is 0 Å². The average Bonchev–Trinajstić information content (AvgIpc) is 3.55. The van der Waals surface area contributed by atoms with Crippen molar-refractivity contribution in [1.29, 1.82) is 0 Å². The Labute approximate surface area is 277 Å². The maximum absolute atomic E-state index is 6.58. The SMILES string of the molecule is c1ccc(-c2ccc(N(c3cc4ccc5ccccc5c4c4ccccc34)c3cccc4oc5ccc6ccccc6c5c34)cc2)cc1. The number of hydrogen-bond donors (Lipinski definition) is 0. The Morgan fingerprint density at radius 2 is 0.917 bits per heavy atom. The molecule has 0 saturated carbocycles. The first-order valence-electron chi connectivity index (χ1n) is 16.4. The highest BCUT2D eigenvalue weighted by atomic mass is 16.3. The number of hydrogen-bond acceptors (Lipinski definition) is 2. The first-order valence-corrected chi connectivity index (χ1v) is 16.4. The van der Waals surface area contributed by atoms with E-state index in [1.807, 2.05) is 0 Å². The summed E-state index contributed by atoms with van der Waals surface area (Å²) in [6, 6.07) is 63.3. The van der Waals surface area contributed by atoms with Crippen molar-refractivity contribution in [1.82, 2.24) is 0 Å². The summed E-state index contributed by atoms with van der Waals surface area (Å²) in [5, 5.41) is 12.1. The number of nitrogens with zero attached hydrogens (tertiary/aromatic N) is 1. The Hall–Kier alpha value is -6.38. The topological polar surface area (TPSA) is 16.4 Å². The van der Waals surface area contributed by atoms with Crippen LogP contribution in [0, 0.1) is 0 Å². The van der Waals surface area contributed by atoms with Gasteiger partial charge in [-0.15, -0.1) is 0 Å². The molecule has 0 unspecified atom stereocenters. The molecule has 0 radical (unpaired) electrons. The molecular formula is C46H29NO. The molecule has 0 amide bonds. The third-order valence-electron chi connectivity index (χ3n) is 9.81. The molecule has 0 saturated heterocycles. The van der Waals surface area contributed by atoms with Crippen molar-refractivity contribution in [3.63, 3.8) is 0 Å². The average molecular weight is 612 g/mol. The molecule has 2 heteroatoms. The van der Waals surface area contributed by atoms with E-state index in [1.165, 1.54) is 54.2 Å². The number of benzene rings is 9. The molecule has 1 aromatic heterocycles. The van der Waals surface area contributed by atoms with E-state index >= 15 is 0 Å². The second-order valence-electron chi connectivity index (χ2n) is 12.5. The molecular weight excluding hydrogens is 583 g/mol. The Kier molecular flexibility index (Phi) is 5.91. The number of rotatable bonds is 4. The van der Waals surface area contributed by atoms with Crippen LogP contribution in [0.15, 0.2) is 180 Å². The lowest BCUT2D eigenvalue weighted by molar-refractivity contribution is 0.669. The van der Waals surface area contributed by atoms with Crippen LogP contribution in [0.3, 0.4) is 0 Å². The van der Waals surface area contributed by atoms with Crippen LogP contribution in [-0.2, 0) is 0 Å². The Morgan fingerprint density at radius 3 is 1.69 bits per heavy atom. The van der Waals surface area contributed by atoms with Gasteiger partial charge < -0.3 is 9.32 Å². The normalized spacial score (nSPS) is 11.8. The van der Waals surface area contributed by atoms with Crippen molar-refractivity contribution in [3.05, 3.63) is 176 Å². The molecule has 224 valence electrons. The first kappa shape index (κ1) is 26.8. The van der Waals surface area contributed by atoms with Crippen LogP contribution in [0.1, 0.15) is 0 Å². The maximum Gasteiger partial charge on any atom is 0.137 e. The molecule has 48 heavy (non-hydrogen) atoms. The van der Waals surface area contributed by atoms with Crippen LogP contribution in [0.4, 0.5) is 17.1 Å². The van der Waals surface area contributed by atoms with Gasteiger partial charge in [-0.1, -0.05) is 140 Å². The molecule has 9 aromatic carbocycles. The predicted octanol–water partition coefficient (Wildman–Crippen LogP) is 13.3. The molecule has 2 nitrogen and oxygen atoms in total. The van der Waals surface area contributed by atoms with Gasteiger partial charge in [-0.3, -0.25) is 0 Å². The van der Waals surface area contributed by atoms with E-state index in [0.29, 0.717) is 0 Å². The van der Waals surface area contributed by atoms with E-state index < -0.39 is 0 Å². The van der Waals surface area contributed by atoms with Crippen molar-refractivity contribution in [2.24, 2.45) is 0 Å². The van der Waals surface area contributed by atoms with E-state index in [2.05, 4.69) is 181 Å². The lowest BCUT2D eigenvalue weighted by atomic mass is 9.94. The van der Waals surface area contributed by atoms with Gasteiger partial charge in [0.1, 0.15) is 11.2 Å². The van der Waals surface area contributed by atoms with E-state index in [1.54, 1.807) is 0 Å². The molecule has 0 fully saturated rings. The monoisotopic (exact) mass is 611 g/mol. The highest BCUT2D eigenvalue weighted by Crippen LogP contribution is 2.48. The summed E-state index contributed by atoms with van der Waals surface area (Å²) >= 11 is 0. The largest absolute Gasteiger partial charge is 0.456 e. The smallest absolute Gasteiger partial charge is 0.137 e. The summed E-state index contributed by atoms with van der Waals surface area (Å²) in [5.41, 5.74) is 7.46. The second-order valence-corrected chi connectivity index (χ2v) is 12.5. The molecule has 10 rings (SSSR count). The Balaban J connectivity index is 1.32. The molecule has 0 N–H and O–H groups in total. The summed E-state index contributed by atoms with van der Waals surface area (Å²) in [7, 11) is 0. The molecule has 0 aliphatic carbocycles. The number of anilines is 3. The van der Waals surface area contributed by atoms with Gasteiger partial charge in [-0.2, -0.15) is 0 Å². The highest BCUT2D eigenvalue weighted by Gasteiger charge is 2.23. The van der Waals surface area contributed by atoms with Gasteiger partial charge in [0.25, 0.3) is 0 Å². The fraction of sp³-hybridized carbons (Fsp3) is 0. The van der Waals surface area contributed by atoms with Crippen molar-refractivity contribution in [2.75, 3.05) is 4.90 Å². The quantitative estimate of drug-likeness (QED) is 0.184. The van der Waals surface area contributed by atoms with E-state index in [-0.39, 0.29) is 0 Å². The third-order valence-corrected chi connectivity index (χ3v) is 9.81. The molecule has 10 aromatic rings. The number of fused-ring (bicyclic) bond motifs is 10. The molecule has 0 spiro atoms. The van der Waals surface area contributed by atoms with Crippen LogP contribution >= 0.6 is 0 Å². The summed E-state index contributed by atoms with van der Waals surface area (Å²) in [4.78, 5) is 2.44. The zero-order chi connectivity index (χ0) is 31.6.